The molecule has 0 unspecified atom stereocenters. The molecule has 4 N–H and O–H groups in total. The van der Waals surface area contributed by atoms with Crippen LogP contribution in [0, 0.1) is 12.3 Å². The van der Waals surface area contributed by atoms with Gasteiger partial charge in [-0.05, 0) is 42.5 Å². The molecule has 1 rings (SSSR count). The van der Waals surface area contributed by atoms with E-state index in [1.807, 2.05) is 20.8 Å². The molecule has 0 bridgehead atoms. The van der Waals surface area contributed by atoms with E-state index in [9.17, 15) is 4.79 Å². The van der Waals surface area contributed by atoms with E-state index < -0.39 is 0 Å². The topological polar surface area (TPSA) is 75.4 Å². The summed E-state index contributed by atoms with van der Waals surface area (Å²) in [5, 5.41) is 11.8. The molecule has 4 heteroatoms. The molecule has 0 aliphatic carbocycles. The highest BCUT2D eigenvalue weighted by atomic mass is 16.3. The van der Waals surface area contributed by atoms with Crippen LogP contribution >= 0.6 is 0 Å². The SMILES string of the molecule is Cc1cc(N)ccc1C(=O)NCC(C)(C)CCO. The van der Waals surface area contributed by atoms with Crippen LogP contribution in [0.5, 0.6) is 0 Å². The van der Waals surface area contributed by atoms with Crippen LogP contribution in [0.15, 0.2) is 18.2 Å². The Labute approximate surface area is 108 Å². The number of nitrogens with one attached hydrogen (secondary N) is 1. The zero-order valence-corrected chi connectivity index (χ0v) is 11.3. The molecule has 0 atom stereocenters. The van der Waals surface area contributed by atoms with Gasteiger partial charge in [0.05, 0.1) is 0 Å². The Balaban J connectivity index is 2.66. The standard InChI is InChI=1S/C14H22N2O2/c1-10-8-11(15)4-5-12(10)13(18)16-9-14(2,3)6-7-17/h4-5,8,17H,6-7,9,15H2,1-3H3,(H,16,18). The van der Waals surface area contributed by atoms with Gasteiger partial charge in [0.2, 0.25) is 0 Å². The molecule has 0 fully saturated rings. The normalized spacial score (nSPS) is 11.3. The van der Waals surface area contributed by atoms with Gasteiger partial charge < -0.3 is 16.2 Å². The largest absolute Gasteiger partial charge is 0.399 e. The number of amides is 1. The third-order valence-electron chi connectivity index (χ3n) is 3.01. The van der Waals surface area contributed by atoms with Crippen molar-refractivity contribution in [1.29, 1.82) is 0 Å². The number of aliphatic hydroxyl groups is 1. The summed E-state index contributed by atoms with van der Waals surface area (Å²) in [7, 11) is 0. The van der Waals surface area contributed by atoms with Crippen molar-refractivity contribution in [2.45, 2.75) is 27.2 Å². The Morgan fingerprint density at radius 2 is 2.11 bits per heavy atom. The maximum atomic E-state index is 12.0. The summed E-state index contributed by atoms with van der Waals surface area (Å²) < 4.78 is 0. The van der Waals surface area contributed by atoms with Crippen LogP contribution in [-0.2, 0) is 0 Å². The van der Waals surface area contributed by atoms with Crippen LogP contribution in [0.1, 0.15) is 36.2 Å². The summed E-state index contributed by atoms with van der Waals surface area (Å²) in [5.74, 6) is -0.0986. The Hall–Kier alpha value is -1.55. The van der Waals surface area contributed by atoms with Gasteiger partial charge in [0.15, 0.2) is 0 Å². The first kappa shape index (κ1) is 14.5. The maximum Gasteiger partial charge on any atom is 0.251 e. The number of aliphatic hydroxyl groups excluding tert-OH is 1. The summed E-state index contributed by atoms with van der Waals surface area (Å²) in [6.07, 6.45) is 0.661. The van der Waals surface area contributed by atoms with Crippen molar-refractivity contribution in [2.24, 2.45) is 5.41 Å². The predicted octanol–water partition coefficient (Wildman–Crippen LogP) is 1.72. The van der Waals surface area contributed by atoms with Crippen LogP contribution in [0.3, 0.4) is 0 Å². The molecule has 4 nitrogen and oxygen atoms in total. The smallest absolute Gasteiger partial charge is 0.251 e. The number of aryl methyl sites for hydroxylation is 1. The van der Waals surface area contributed by atoms with Gasteiger partial charge in [0, 0.05) is 24.4 Å². The average Bonchev–Trinajstić information content (AvgIpc) is 2.26. The second kappa shape index (κ2) is 5.87. The number of hydrogen-bond acceptors (Lipinski definition) is 3. The maximum absolute atomic E-state index is 12.0. The summed E-state index contributed by atoms with van der Waals surface area (Å²) in [5.41, 5.74) is 7.71. The van der Waals surface area contributed by atoms with E-state index in [4.69, 9.17) is 10.8 Å². The zero-order chi connectivity index (χ0) is 13.8. The van der Waals surface area contributed by atoms with Gasteiger partial charge in [-0.2, -0.15) is 0 Å². The number of nitrogens with two attached hydrogens (primary N) is 1. The molecule has 0 saturated carbocycles. The lowest BCUT2D eigenvalue weighted by atomic mass is 9.89. The Kier molecular flexibility index (Phi) is 4.73. The van der Waals surface area contributed by atoms with Crippen molar-refractivity contribution in [2.75, 3.05) is 18.9 Å². The highest BCUT2D eigenvalue weighted by Gasteiger charge is 2.19. The summed E-state index contributed by atoms with van der Waals surface area (Å²) in [4.78, 5) is 12.0. The van der Waals surface area contributed by atoms with Gasteiger partial charge in [-0.15, -0.1) is 0 Å². The van der Waals surface area contributed by atoms with Gasteiger partial charge in [-0.25, -0.2) is 0 Å². The van der Waals surface area contributed by atoms with Gasteiger partial charge in [0.1, 0.15) is 0 Å². The van der Waals surface area contributed by atoms with E-state index in [2.05, 4.69) is 5.32 Å². The molecule has 0 heterocycles. The Morgan fingerprint density at radius 1 is 1.44 bits per heavy atom. The van der Waals surface area contributed by atoms with Crippen LogP contribution in [0.4, 0.5) is 5.69 Å². The number of nitrogen functional groups attached to an aromatic ring is 1. The molecule has 0 aliphatic rings. The monoisotopic (exact) mass is 250 g/mol. The van der Waals surface area contributed by atoms with Crippen molar-refractivity contribution in [3.63, 3.8) is 0 Å². The predicted molar refractivity (Wildman–Crippen MR) is 73.4 cm³/mol. The van der Waals surface area contributed by atoms with Crippen molar-refractivity contribution >= 4 is 11.6 Å². The first-order valence-electron chi connectivity index (χ1n) is 6.11. The number of anilines is 1. The van der Waals surface area contributed by atoms with Crippen molar-refractivity contribution in [3.8, 4) is 0 Å². The van der Waals surface area contributed by atoms with Crippen molar-refractivity contribution in [3.05, 3.63) is 29.3 Å². The zero-order valence-electron chi connectivity index (χ0n) is 11.3. The van der Waals surface area contributed by atoms with E-state index in [1.54, 1.807) is 18.2 Å². The van der Waals surface area contributed by atoms with Gasteiger partial charge >= 0.3 is 0 Å². The molecule has 1 amide bonds. The second-order valence-corrected chi connectivity index (χ2v) is 5.39. The summed E-state index contributed by atoms with van der Waals surface area (Å²) in [6.45, 7) is 6.56. The molecular formula is C14H22N2O2. The fourth-order valence-electron chi connectivity index (χ4n) is 1.75. The molecule has 0 aromatic heterocycles. The first-order chi connectivity index (χ1) is 8.35. The van der Waals surface area contributed by atoms with Crippen LogP contribution in [-0.4, -0.2) is 24.2 Å². The van der Waals surface area contributed by atoms with Crippen LogP contribution in [0.25, 0.3) is 0 Å². The first-order valence-corrected chi connectivity index (χ1v) is 6.11. The molecular weight excluding hydrogens is 228 g/mol. The van der Waals surface area contributed by atoms with E-state index in [-0.39, 0.29) is 17.9 Å². The van der Waals surface area contributed by atoms with Gasteiger partial charge in [-0.3, -0.25) is 4.79 Å². The quantitative estimate of drug-likeness (QED) is 0.696. The molecule has 1 aromatic rings. The van der Waals surface area contributed by atoms with Gasteiger partial charge in [0.25, 0.3) is 5.91 Å². The minimum atomic E-state index is -0.105. The fourth-order valence-corrected chi connectivity index (χ4v) is 1.75. The molecule has 0 saturated heterocycles. The lowest BCUT2D eigenvalue weighted by Crippen LogP contribution is -2.34. The lowest BCUT2D eigenvalue weighted by molar-refractivity contribution is 0.0927. The molecule has 0 radical (unpaired) electrons. The van der Waals surface area contributed by atoms with E-state index in [0.29, 0.717) is 24.2 Å². The summed E-state index contributed by atoms with van der Waals surface area (Å²) >= 11 is 0. The molecule has 18 heavy (non-hydrogen) atoms. The number of carbonyl (C=O) groups excluding carboxylic acids is 1. The number of rotatable bonds is 5. The number of hydrogen-bond donors (Lipinski definition) is 3. The van der Waals surface area contributed by atoms with Crippen LogP contribution < -0.4 is 11.1 Å². The van der Waals surface area contributed by atoms with Crippen molar-refractivity contribution < 1.29 is 9.90 Å². The molecule has 0 spiro atoms. The summed E-state index contributed by atoms with van der Waals surface area (Å²) in [6, 6.07) is 5.24. The highest BCUT2D eigenvalue weighted by Crippen LogP contribution is 2.19. The minimum Gasteiger partial charge on any atom is -0.399 e. The molecule has 100 valence electrons. The minimum absolute atomic E-state index is 0.0986. The van der Waals surface area contributed by atoms with E-state index in [1.165, 1.54) is 0 Å². The van der Waals surface area contributed by atoms with E-state index in [0.717, 1.165) is 5.56 Å². The third-order valence-corrected chi connectivity index (χ3v) is 3.01. The fraction of sp³-hybridized carbons (Fsp3) is 0.500. The Bertz CT molecular complexity index is 428. The number of benzene rings is 1. The van der Waals surface area contributed by atoms with E-state index >= 15 is 0 Å². The van der Waals surface area contributed by atoms with Gasteiger partial charge in [-0.1, -0.05) is 13.8 Å². The third kappa shape index (κ3) is 4.04. The van der Waals surface area contributed by atoms with Crippen LogP contribution in [0.2, 0.25) is 0 Å². The lowest BCUT2D eigenvalue weighted by Gasteiger charge is -2.24. The molecule has 1 aromatic carbocycles. The highest BCUT2D eigenvalue weighted by molar-refractivity contribution is 5.96. The number of carbonyl (C=O) groups is 1. The second-order valence-electron chi connectivity index (χ2n) is 5.39. The van der Waals surface area contributed by atoms with Crippen molar-refractivity contribution in [1.82, 2.24) is 5.32 Å². The molecule has 0 aliphatic heterocycles. The Morgan fingerprint density at radius 3 is 2.67 bits per heavy atom. The average molecular weight is 250 g/mol.